The van der Waals surface area contributed by atoms with Crippen LogP contribution in [0.4, 0.5) is 0 Å². The van der Waals surface area contributed by atoms with Crippen molar-refractivity contribution in [3.05, 3.63) is 29.8 Å². The van der Waals surface area contributed by atoms with Crippen LogP contribution in [0.3, 0.4) is 0 Å². The van der Waals surface area contributed by atoms with Gasteiger partial charge in [-0.25, -0.2) is 8.42 Å². The van der Waals surface area contributed by atoms with Gasteiger partial charge in [-0.2, -0.15) is 4.31 Å². The average molecular weight is 352 g/mol. The van der Waals surface area contributed by atoms with Gasteiger partial charge in [0, 0.05) is 23.9 Å². The molecule has 0 saturated carbocycles. The lowest BCUT2D eigenvalue weighted by atomic mass is 9.82. The third kappa shape index (κ3) is 3.42. The molecule has 0 amide bonds. The van der Waals surface area contributed by atoms with Gasteiger partial charge >= 0.3 is 0 Å². The van der Waals surface area contributed by atoms with Gasteiger partial charge in [-0.3, -0.25) is 4.79 Å². The monoisotopic (exact) mass is 351 g/mol. The predicted molar refractivity (Wildman–Crippen MR) is 96.6 cm³/mol. The minimum Gasteiger partial charge on any atom is -0.300 e. The number of rotatable bonds is 2. The minimum atomic E-state index is -3.68. The van der Waals surface area contributed by atoms with Crippen molar-refractivity contribution in [2.24, 2.45) is 0 Å². The van der Waals surface area contributed by atoms with Gasteiger partial charge in [-0.1, -0.05) is 32.9 Å². The van der Waals surface area contributed by atoms with E-state index in [2.05, 4.69) is 20.8 Å². The van der Waals surface area contributed by atoms with Crippen LogP contribution < -0.4 is 0 Å². The highest BCUT2D eigenvalue weighted by atomic mass is 32.2. The summed E-state index contributed by atoms with van der Waals surface area (Å²) in [5, 5.41) is 0. The summed E-state index contributed by atoms with van der Waals surface area (Å²) in [5.74, 6) is 0.111. The summed E-state index contributed by atoms with van der Waals surface area (Å²) in [5.41, 5.74) is -0.409. The molecule has 0 aromatic heterocycles. The molecule has 0 unspecified atom stereocenters. The zero-order chi connectivity index (χ0) is 18.6. The van der Waals surface area contributed by atoms with E-state index in [0.29, 0.717) is 0 Å². The first-order valence-electron chi connectivity index (χ1n) is 8.36. The van der Waals surface area contributed by atoms with Crippen LogP contribution in [0, 0.1) is 0 Å². The Labute approximate surface area is 146 Å². The lowest BCUT2D eigenvalue weighted by Gasteiger charge is -2.50. The fraction of sp³-hybridized carbons (Fsp3) is 0.632. The summed E-state index contributed by atoms with van der Waals surface area (Å²) in [4.78, 5) is 12.3. The molecule has 0 atom stereocenters. The number of hydrogen-bond acceptors (Lipinski definition) is 3. The molecule has 1 fully saturated rings. The summed E-state index contributed by atoms with van der Waals surface area (Å²) in [6, 6.07) is 7.11. The molecule has 0 N–H and O–H groups in total. The molecular formula is C19H29NO3S. The van der Waals surface area contributed by atoms with Crippen molar-refractivity contribution in [3.8, 4) is 0 Å². The zero-order valence-electron chi connectivity index (χ0n) is 15.8. The van der Waals surface area contributed by atoms with Crippen LogP contribution in [0.5, 0.6) is 0 Å². The second kappa shape index (κ2) is 5.67. The van der Waals surface area contributed by atoms with Gasteiger partial charge in [0.1, 0.15) is 5.78 Å². The van der Waals surface area contributed by atoms with Crippen LogP contribution in [0.1, 0.15) is 66.9 Å². The SMILES string of the molecule is CC(C)(C)c1ccc(S(=O)(=O)N2C(C)(C)CC(=O)CC2(C)C)cc1. The lowest BCUT2D eigenvalue weighted by Crippen LogP contribution is -2.62. The summed E-state index contributed by atoms with van der Waals surface area (Å²) >= 11 is 0. The molecule has 24 heavy (non-hydrogen) atoms. The van der Waals surface area contributed by atoms with E-state index in [-0.39, 0.29) is 28.9 Å². The van der Waals surface area contributed by atoms with Crippen LogP contribution >= 0.6 is 0 Å². The van der Waals surface area contributed by atoms with Crippen LogP contribution in [0.15, 0.2) is 29.2 Å². The molecule has 2 rings (SSSR count). The third-order valence-corrected chi connectivity index (χ3v) is 6.95. The minimum absolute atomic E-state index is 0.0294. The number of ketones is 1. The maximum absolute atomic E-state index is 13.3. The maximum atomic E-state index is 13.3. The fourth-order valence-corrected chi connectivity index (χ4v) is 5.99. The van der Waals surface area contributed by atoms with E-state index < -0.39 is 21.1 Å². The van der Waals surface area contributed by atoms with E-state index in [1.165, 1.54) is 4.31 Å². The number of carbonyl (C=O) groups excluding carboxylic acids is 1. The van der Waals surface area contributed by atoms with Crippen LogP contribution in [0.25, 0.3) is 0 Å². The number of Topliss-reactive ketones (excluding diaryl/α,β-unsaturated/α-hetero) is 1. The molecule has 0 bridgehead atoms. The molecule has 134 valence electrons. The van der Waals surface area contributed by atoms with E-state index in [1.807, 2.05) is 39.8 Å². The van der Waals surface area contributed by atoms with Crippen LogP contribution in [-0.2, 0) is 20.2 Å². The van der Waals surface area contributed by atoms with Crippen molar-refractivity contribution in [1.29, 1.82) is 0 Å². The molecule has 1 aliphatic heterocycles. The normalized spacial score (nSPS) is 21.7. The number of hydrogen-bond donors (Lipinski definition) is 0. The summed E-state index contributed by atoms with van der Waals surface area (Å²) in [7, 11) is -3.68. The van der Waals surface area contributed by atoms with Gasteiger partial charge in [-0.05, 0) is 50.8 Å². The number of nitrogens with zero attached hydrogens (tertiary/aromatic N) is 1. The predicted octanol–water partition coefficient (Wildman–Crippen LogP) is 3.89. The Morgan fingerprint density at radius 2 is 1.33 bits per heavy atom. The van der Waals surface area contributed by atoms with Gasteiger partial charge in [-0.15, -0.1) is 0 Å². The van der Waals surface area contributed by atoms with E-state index in [1.54, 1.807) is 12.1 Å². The number of piperidine rings is 1. The molecule has 0 radical (unpaired) electrons. The van der Waals surface area contributed by atoms with Gasteiger partial charge in [0.25, 0.3) is 0 Å². The Morgan fingerprint density at radius 1 is 0.917 bits per heavy atom. The summed E-state index contributed by atoms with van der Waals surface area (Å²) in [6.45, 7) is 13.6. The van der Waals surface area contributed by atoms with Crippen molar-refractivity contribution in [1.82, 2.24) is 4.31 Å². The summed E-state index contributed by atoms with van der Waals surface area (Å²) < 4.78 is 28.1. The van der Waals surface area contributed by atoms with Crippen molar-refractivity contribution < 1.29 is 13.2 Å². The van der Waals surface area contributed by atoms with Crippen molar-refractivity contribution in [2.75, 3.05) is 0 Å². The second-order valence-electron chi connectivity index (χ2n) is 9.06. The molecule has 1 saturated heterocycles. The molecule has 1 heterocycles. The number of sulfonamides is 1. The molecular weight excluding hydrogens is 322 g/mol. The van der Waals surface area contributed by atoms with Crippen molar-refractivity contribution in [3.63, 3.8) is 0 Å². The van der Waals surface area contributed by atoms with E-state index in [0.717, 1.165) is 5.56 Å². The van der Waals surface area contributed by atoms with Gasteiger partial charge < -0.3 is 0 Å². The average Bonchev–Trinajstić information content (AvgIpc) is 2.33. The largest absolute Gasteiger partial charge is 0.300 e. The second-order valence-corrected chi connectivity index (χ2v) is 10.8. The third-order valence-electron chi connectivity index (χ3n) is 4.62. The van der Waals surface area contributed by atoms with Crippen LogP contribution in [0.2, 0.25) is 0 Å². The van der Waals surface area contributed by atoms with Gasteiger partial charge in [0.2, 0.25) is 10.0 Å². The molecule has 0 aliphatic carbocycles. The first kappa shape index (κ1) is 19.1. The molecule has 1 aliphatic rings. The molecule has 4 nitrogen and oxygen atoms in total. The highest BCUT2D eigenvalue weighted by Crippen LogP contribution is 2.41. The van der Waals surface area contributed by atoms with Gasteiger partial charge in [0.15, 0.2) is 0 Å². The molecule has 1 aromatic carbocycles. The first-order valence-corrected chi connectivity index (χ1v) is 9.80. The highest BCUT2D eigenvalue weighted by molar-refractivity contribution is 7.89. The van der Waals surface area contributed by atoms with Crippen molar-refractivity contribution >= 4 is 15.8 Å². The summed E-state index contributed by atoms with van der Waals surface area (Å²) in [6.07, 6.45) is 0.492. The Hall–Kier alpha value is -1.20. The number of carbonyl (C=O) groups is 1. The highest BCUT2D eigenvalue weighted by Gasteiger charge is 2.51. The fourth-order valence-electron chi connectivity index (χ4n) is 3.87. The first-order chi connectivity index (χ1) is 10.7. The Morgan fingerprint density at radius 3 is 1.71 bits per heavy atom. The standard InChI is InChI=1S/C19H29NO3S/c1-17(2,3)14-8-10-16(11-9-14)24(22,23)20-18(4,5)12-15(21)13-19(20,6)7/h8-11H,12-13H2,1-7H3. The number of benzene rings is 1. The quantitative estimate of drug-likeness (QED) is 0.812. The maximum Gasteiger partial charge on any atom is 0.244 e. The van der Waals surface area contributed by atoms with Crippen LogP contribution in [-0.4, -0.2) is 29.6 Å². The Balaban J connectivity index is 2.51. The van der Waals surface area contributed by atoms with E-state index in [4.69, 9.17) is 0 Å². The van der Waals surface area contributed by atoms with E-state index in [9.17, 15) is 13.2 Å². The topological polar surface area (TPSA) is 54.5 Å². The molecule has 0 spiro atoms. The Kier molecular flexibility index (Phi) is 4.52. The van der Waals surface area contributed by atoms with Crippen molar-refractivity contribution in [2.45, 2.75) is 82.7 Å². The van der Waals surface area contributed by atoms with Gasteiger partial charge in [0.05, 0.1) is 4.90 Å². The Bertz CT molecular complexity index is 718. The molecule has 1 aromatic rings. The van der Waals surface area contributed by atoms with E-state index >= 15 is 0 Å². The smallest absolute Gasteiger partial charge is 0.244 e. The lowest BCUT2D eigenvalue weighted by molar-refractivity contribution is -0.128. The zero-order valence-corrected chi connectivity index (χ0v) is 16.6. The molecule has 5 heteroatoms.